The largest absolute Gasteiger partial charge is 0.501 e. The van der Waals surface area contributed by atoms with Gasteiger partial charge in [-0.1, -0.05) is 0 Å². The molecule has 0 saturated carbocycles. The molecule has 0 spiro atoms. The summed E-state index contributed by atoms with van der Waals surface area (Å²) in [6, 6.07) is 0. The molecule has 0 atom stereocenters. The maximum atomic E-state index is 12.7. The van der Waals surface area contributed by atoms with Crippen molar-refractivity contribution in [2.45, 2.75) is 18.8 Å². The van der Waals surface area contributed by atoms with E-state index in [1.165, 1.54) is 0 Å². The second kappa shape index (κ2) is 3.08. The van der Waals surface area contributed by atoms with Gasteiger partial charge in [-0.2, -0.15) is 8.78 Å². The lowest BCUT2D eigenvalue weighted by Crippen LogP contribution is -2.31. The lowest BCUT2D eigenvalue weighted by atomic mass is 10.0. The van der Waals surface area contributed by atoms with Crippen molar-refractivity contribution in [2.75, 3.05) is 6.61 Å². The predicted octanol–water partition coefficient (Wildman–Crippen LogP) is 1.40. The highest BCUT2D eigenvalue weighted by molar-refractivity contribution is 5.79. The van der Waals surface area contributed by atoms with Gasteiger partial charge in [0.05, 0.1) is 12.9 Å². The van der Waals surface area contributed by atoms with Crippen LogP contribution in [0.4, 0.5) is 8.78 Å². The van der Waals surface area contributed by atoms with E-state index in [1.54, 1.807) is 0 Å². The number of hydrogen-bond acceptors (Lipinski definition) is 2. The molecular formula is C7H8F2O3. The van der Waals surface area contributed by atoms with Gasteiger partial charge in [0.2, 0.25) is 0 Å². The van der Waals surface area contributed by atoms with Gasteiger partial charge in [-0.25, -0.2) is 4.79 Å². The van der Waals surface area contributed by atoms with Crippen LogP contribution in [0.2, 0.25) is 0 Å². The fraction of sp³-hybridized carbons (Fsp3) is 0.571. The molecule has 1 heterocycles. The first-order valence-electron chi connectivity index (χ1n) is 3.47. The van der Waals surface area contributed by atoms with Crippen molar-refractivity contribution < 1.29 is 23.4 Å². The Balaban J connectivity index is 2.79. The summed E-state index contributed by atoms with van der Waals surface area (Å²) in [6.45, 7) is 0.374. The normalized spacial score (nSPS) is 18.0. The summed E-state index contributed by atoms with van der Waals surface area (Å²) in [5.74, 6) is -5.90. The van der Waals surface area contributed by atoms with Crippen LogP contribution in [0.1, 0.15) is 12.8 Å². The van der Waals surface area contributed by atoms with Crippen LogP contribution in [0.25, 0.3) is 0 Å². The molecule has 68 valence electrons. The van der Waals surface area contributed by atoms with Gasteiger partial charge >= 0.3 is 11.9 Å². The Hall–Kier alpha value is -1.13. The zero-order valence-electron chi connectivity index (χ0n) is 6.22. The van der Waals surface area contributed by atoms with Crippen molar-refractivity contribution in [2.24, 2.45) is 0 Å². The van der Waals surface area contributed by atoms with Crippen LogP contribution in [0, 0.1) is 0 Å². The molecule has 5 heteroatoms. The number of halogens is 2. The third-order valence-electron chi connectivity index (χ3n) is 1.61. The van der Waals surface area contributed by atoms with E-state index in [0.29, 0.717) is 13.0 Å². The average Bonchev–Trinajstić information content (AvgIpc) is 2.06. The highest BCUT2D eigenvalue weighted by Gasteiger charge is 2.43. The van der Waals surface area contributed by atoms with Gasteiger partial charge < -0.3 is 9.84 Å². The summed E-state index contributed by atoms with van der Waals surface area (Å²) < 4.78 is 30.0. The Kier molecular flexibility index (Phi) is 2.30. The molecule has 0 bridgehead atoms. The number of carbonyl (C=O) groups is 1. The molecule has 0 amide bonds. The predicted molar refractivity (Wildman–Crippen MR) is 35.9 cm³/mol. The van der Waals surface area contributed by atoms with Crippen LogP contribution in [-0.4, -0.2) is 23.6 Å². The van der Waals surface area contributed by atoms with Crippen molar-refractivity contribution >= 4 is 5.97 Å². The minimum atomic E-state index is -3.78. The topological polar surface area (TPSA) is 46.5 Å². The van der Waals surface area contributed by atoms with E-state index >= 15 is 0 Å². The highest BCUT2D eigenvalue weighted by Crippen LogP contribution is 2.29. The first kappa shape index (κ1) is 8.96. The lowest BCUT2D eigenvalue weighted by Gasteiger charge is -2.18. The average molecular weight is 178 g/mol. The second-order valence-corrected chi connectivity index (χ2v) is 2.50. The first-order chi connectivity index (χ1) is 5.55. The third kappa shape index (κ3) is 1.54. The standard InChI is InChI=1S/C7H8F2O3/c8-7(9,6(10)11)5-2-1-3-12-4-5/h4H,1-3H2,(H,10,11). The Morgan fingerprint density at radius 1 is 1.67 bits per heavy atom. The summed E-state index contributed by atoms with van der Waals surface area (Å²) in [5.41, 5.74) is -0.457. The van der Waals surface area contributed by atoms with Crippen molar-refractivity contribution in [1.29, 1.82) is 0 Å². The van der Waals surface area contributed by atoms with E-state index in [-0.39, 0.29) is 6.42 Å². The minimum Gasteiger partial charge on any atom is -0.501 e. The molecule has 0 aliphatic carbocycles. The van der Waals surface area contributed by atoms with Crippen LogP contribution < -0.4 is 0 Å². The molecule has 1 aliphatic heterocycles. The second-order valence-electron chi connectivity index (χ2n) is 2.50. The number of alkyl halides is 2. The molecule has 1 aliphatic rings. The molecule has 0 aromatic carbocycles. The van der Waals surface area contributed by atoms with Gasteiger partial charge in [0.25, 0.3) is 0 Å². The smallest absolute Gasteiger partial charge is 0.379 e. The molecule has 3 nitrogen and oxygen atoms in total. The fourth-order valence-electron chi connectivity index (χ4n) is 0.933. The van der Waals surface area contributed by atoms with Gasteiger partial charge in [-0.15, -0.1) is 0 Å². The summed E-state index contributed by atoms with van der Waals surface area (Å²) in [4.78, 5) is 10.1. The van der Waals surface area contributed by atoms with Crippen molar-refractivity contribution in [3.63, 3.8) is 0 Å². The van der Waals surface area contributed by atoms with Crippen molar-refractivity contribution in [3.05, 3.63) is 11.8 Å². The quantitative estimate of drug-likeness (QED) is 0.695. The van der Waals surface area contributed by atoms with E-state index in [0.717, 1.165) is 6.26 Å². The van der Waals surface area contributed by atoms with Crippen LogP contribution in [0.15, 0.2) is 11.8 Å². The molecule has 0 aromatic rings. The molecule has 0 aromatic heterocycles. The van der Waals surface area contributed by atoms with E-state index in [9.17, 15) is 13.6 Å². The maximum Gasteiger partial charge on any atom is 0.379 e. The van der Waals surface area contributed by atoms with Gasteiger partial charge in [-0.05, 0) is 12.8 Å². The third-order valence-corrected chi connectivity index (χ3v) is 1.61. The summed E-state index contributed by atoms with van der Waals surface area (Å²) in [7, 11) is 0. The van der Waals surface area contributed by atoms with E-state index in [4.69, 9.17) is 5.11 Å². The number of carboxylic acids is 1. The molecular weight excluding hydrogens is 170 g/mol. The Labute approximate surface area is 67.6 Å². The van der Waals surface area contributed by atoms with Crippen LogP contribution >= 0.6 is 0 Å². The van der Waals surface area contributed by atoms with E-state index in [1.807, 2.05) is 0 Å². The highest BCUT2D eigenvalue weighted by atomic mass is 19.3. The van der Waals surface area contributed by atoms with Gasteiger partial charge in [0, 0.05) is 5.57 Å². The SMILES string of the molecule is O=C(O)C(F)(F)C1=COCCC1. The minimum absolute atomic E-state index is 0.0826. The Morgan fingerprint density at radius 3 is 2.75 bits per heavy atom. The van der Waals surface area contributed by atoms with Crippen LogP contribution in [0.5, 0.6) is 0 Å². The molecule has 0 saturated heterocycles. The molecule has 0 unspecified atom stereocenters. The first-order valence-corrected chi connectivity index (χ1v) is 3.47. The van der Waals surface area contributed by atoms with E-state index in [2.05, 4.69) is 4.74 Å². The number of aliphatic carboxylic acids is 1. The Morgan fingerprint density at radius 2 is 2.33 bits per heavy atom. The fourth-order valence-corrected chi connectivity index (χ4v) is 0.933. The molecule has 0 fully saturated rings. The molecule has 12 heavy (non-hydrogen) atoms. The summed E-state index contributed by atoms with van der Waals surface area (Å²) >= 11 is 0. The molecule has 1 N–H and O–H groups in total. The lowest BCUT2D eigenvalue weighted by molar-refractivity contribution is -0.160. The zero-order chi connectivity index (χ0) is 9.19. The summed E-state index contributed by atoms with van der Waals surface area (Å²) in [6.07, 6.45) is 1.37. The number of carboxylic acid groups (broad SMARTS) is 1. The number of rotatable bonds is 2. The van der Waals surface area contributed by atoms with E-state index < -0.39 is 17.5 Å². The summed E-state index contributed by atoms with van der Waals surface area (Å²) in [5, 5.41) is 8.15. The Bertz CT molecular complexity index is 223. The number of ether oxygens (including phenoxy) is 1. The van der Waals surface area contributed by atoms with Crippen molar-refractivity contribution in [3.8, 4) is 0 Å². The molecule has 1 rings (SSSR count). The van der Waals surface area contributed by atoms with Crippen molar-refractivity contribution in [1.82, 2.24) is 0 Å². The molecule has 0 radical (unpaired) electrons. The van der Waals surface area contributed by atoms with Gasteiger partial charge in [0.15, 0.2) is 0 Å². The van der Waals surface area contributed by atoms with Gasteiger partial charge in [-0.3, -0.25) is 0 Å². The van der Waals surface area contributed by atoms with Crippen LogP contribution in [-0.2, 0) is 9.53 Å². The monoisotopic (exact) mass is 178 g/mol. The maximum absolute atomic E-state index is 12.7. The number of hydrogen-bond donors (Lipinski definition) is 1. The van der Waals surface area contributed by atoms with Gasteiger partial charge in [0.1, 0.15) is 0 Å². The zero-order valence-corrected chi connectivity index (χ0v) is 6.22. The van der Waals surface area contributed by atoms with Crippen LogP contribution in [0.3, 0.4) is 0 Å².